The van der Waals surface area contributed by atoms with Crippen LogP contribution in [0.1, 0.15) is 45.4 Å². The Hall–Kier alpha value is -3.00. The quantitative estimate of drug-likeness (QED) is 0.505. The van der Waals surface area contributed by atoms with Crippen LogP contribution in [0.3, 0.4) is 0 Å². The van der Waals surface area contributed by atoms with Crippen LogP contribution in [-0.4, -0.2) is 64.2 Å². The highest BCUT2D eigenvalue weighted by Crippen LogP contribution is 2.49. The van der Waals surface area contributed by atoms with Gasteiger partial charge in [0, 0.05) is 31.1 Å². The summed E-state index contributed by atoms with van der Waals surface area (Å²) in [5.74, 6) is -6.39. The van der Waals surface area contributed by atoms with Gasteiger partial charge in [-0.1, -0.05) is 11.6 Å². The zero-order chi connectivity index (χ0) is 26.0. The number of nitriles is 1. The number of aromatic nitrogens is 1. The highest BCUT2D eigenvalue weighted by Gasteiger charge is 2.60. The number of amides is 3. The van der Waals surface area contributed by atoms with Gasteiger partial charge in [-0.2, -0.15) is 5.26 Å². The lowest BCUT2D eigenvalue weighted by Crippen LogP contribution is -2.70. The number of nitrogens with one attached hydrogen (secondary N) is 3. The molecule has 12 heteroatoms. The van der Waals surface area contributed by atoms with E-state index in [1.54, 1.807) is 13.0 Å². The van der Waals surface area contributed by atoms with E-state index in [4.69, 9.17) is 11.6 Å². The summed E-state index contributed by atoms with van der Waals surface area (Å²) in [5, 5.41) is 18.3. The molecule has 9 nitrogen and oxygen atoms in total. The molecule has 4 aliphatic rings. The summed E-state index contributed by atoms with van der Waals surface area (Å²) in [7, 11) is 0. The summed E-state index contributed by atoms with van der Waals surface area (Å²) in [6, 6.07) is -0.547. The average molecular weight is 523 g/mol. The molecule has 1 aromatic heterocycles. The maximum absolute atomic E-state index is 14.9. The molecular formula is C24H29ClF2N6O3. The highest BCUT2D eigenvalue weighted by atomic mass is 35.5. The van der Waals surface area contributed by atoms with E-state index in [1.807, 2.05) is 6.07 Å². The third kappa shape index (κ3) is 5.38. The first-order valence-corrected chi connectivity index (χ1v) is 12.5. The lowest BCUT2D eigenvalue weighted by molar-refractivity contribution is -0.194. The van der Waals surface area contributed by atoms with E-state index in [9.17, 15) is 28.4 Å². The van der Waals surface area contributed by atoms with Gasteiger partial charge in [0.05, 0.1) is 28.9 Å². The Balaban J connectivity index is 1.52. The van der Waals surface area contributed by atoms with Crippen molar-refractivity contribution in [2.45, 2.75) is 75.5 Å². The van der Waals surface area contributed by atoms with Crippen LogP contribution in [0, 0.1) is 23.2 Å². The van der Waals surface area contributed by atoms with Gasteiger partial charge in [0.1, 0.15) is 18.1 Å². The first kappa shape index (κ1) is 26.1. The van der Waals surface area contributed by atoms with E-state index >= 15 is 0 Å². The number of piperidine rings is 3. The molecule has 36 heavy (non-hydrogen) atoms. The van der Waals surface area contributed by atoms with Crippen molar-refractivity contribution in [3.63, 3.8) is 0 Å². The van der Waals surface area contributed by atoms with Crippen LogP contribution in [0.2, 0.25) is 5.02 Å². The van der Waals surface area contributed by atoms with Crippen molar-refractivity contribution >= 4 is 35.0 Å². The zero-order valence-corrected chi connectivity index (χ0v) is 20.6. The molecule has 4 fully saturated rings. The maximum atomic E-state index is 14.9. The average Bonchev–Trinajstić information content (AvgIpc) is 2.83. The van der Waals surface area contributed by atoms with Crippen molar-refractivity contribution in [3.8, 4) is 6.07 Å². The number of anilines is 1. The summed E-state index contributed by atoms with van der Waals surface area (Å²) in [4.78, 5) is 44.2. The van der Waals surface area contributed by atoms with Crippen LogP contribution in [0.4, 0.5) is 14.5 Å². The number of hydrogen-bond donors (Lipinski definition) is 3. The number of nitrogens with zero attached hydrogens (tertiary/aromatic N) is 3. The lowest BCUT2D eigenvalue weighted by Gasteiger charge is -2.54. The second-order valence-corrected chi connectivity index (χ2v) is 10.2. The second-order valence-electron chi connectivity index (χ2n) is 9.81. The smallest absolute Gasteiger partial charge is 0.255 e. The Morgan fingerprint density at radius 2 is 2.14 bits per heavy atom. The van der Waals surface area contributed by atoms with Crippen molar-refractivity contribution in [3.05, 3.63) is 23.5 Å². The predicted molar refractivity (Wildman–Crippen MR) is 127 cm³/mol. The van der Waals surface area contributed by atoms with Crippen LogP contribution in [0.5, 0.6) is 0 Å². The van der Waals surface area contributed by atoms with E-state index in [2.05, 4.69) is 20.9 Å². The van der Waals surface area contributed by atoms with Gasteiger partial charge in [0.25, 0.3) is 5.92 Å². The van der Waals surface area contributed by atoms with Crippen LogP contribution >= 0.6 is 11.6 Å². The summed E-state index contributed by atoms with van der Waals surface area (Å²) < 4.78 is 29.8. The normalized spacial score (nSPS) is 28.4. The first-order chi connectivity index (χ1) is 17.1. The molecule has 1 aromatic rings. The number of carbonyl (C=O) groups excluding carboxylic acids is 3. The highest BCUT2D eigenvalue weighted by molar-refractivity contribution is 6.30. The summed E-state index contributed by atoms with van der Waals surface area (Å²) >= 11 is 5.96. The molecule has 1 saturated carbocycles. The third-order valence-corrected chi connectivity index (χ3v) is 7.52. The molecule has 6 atom stereocenters. The summed E-state index contributed by atoms with van der Waals surface area (Å²) in [6.45, 7) is 2.14. The van der Waals surface area contributed by atoms with Crippen molar-refractivity contribution in [2.24, 2.45) is 11.8 Å². The molecule has 0 radical (unpaired) electrons. The molecule has 3 aliphatic heterocycles. The minimum atomic E-state index is -3.11. The van der Waals surface area contributed by atoms with E-state index in [1.165, 1.54) is 17.3 Å². The number of hydrogen-bond acceptors (Lipinski definition) is 6. The van der Waals surface area contributed by atoms with Gasteiger partial charge >= 0.3 is 0 Å². The molecular weight excluding hydrogens is 494 g/mol. The number of halogens is 3. The number of fused-ring (bicyclic) bond motifs is 3. The van der Waals surface area contributed by atoms with Gasteiger partial charge < -0.3 is 20.9 Å². The Kier molecular flexibility index (Phi) is 7.64. The van der Waals surface area contributed by atoms with Crippen molar-refractivity contribution < 1.29 is 23.2 Å². The fourth-order valence-electron chi connectivity index (χ4n) is 5.60. The molecule has 3 amide bonds. The zero-order valence-electron chi connectivity index (χ0n) is 19.8. The molecule has 0 aromatic carbocycles. The molecule has 3 N–H and O–H groups in total. The van der Waals surface area contributed by atoms with E-state index in [0.717, 1.165) is 6.42 Å². The molecule has 0 spiro atoms. The first-order valence-electron chi connectivity index (χ1n) is 12.2. The molecule has 4 heterocycles. The van der Waals surface area contributed by atoms with Crippen molar-refractivity contribution in [1.82, 2.24) is 20.5 Å². The van der Waals surface area contributed by atoms with Crippen LogP contribution in [-0.2, 0) is 14.4 Å². The fourth-order valence-corrected chi connectivity index (χ4v) is 5.77. The number of rotatable bonds is 7. The van der Waals surface area contributed by atoms with E-state index in [-0.39, 0.29) is 18.7 Å². The summed E-state index contributed by atoms with van der Waals surface area (Å²) in [5.41, 5.74) is 0.479. The minimum absolute atomic E-state index is 0.0823. The fraction of sp³-hybridized carbons (Fsp3) is 0.625. The Morgan fingerprint density at radius 1 is 1.36 bits per heavy atom. The Bertz CT molecular complexity index is 1070. The SMILES string of the molecule is C[C@@H](Nc1cncc(Cl)c1)C(=O)N1[C@@H]2CC[C@H]([C@@H]1C(=O)N[C@@H](C#N)C[C@@H]1CCCNC1=O)C(F)(F)C2. The van der Waals surface area contributed by atoms with Crippen LogP contribution in [0.25, 0.3) is 0 Å². The van der Waals surface area contributed by atoms with Crippen molar-refractivity contribution in [1.29, 1.82) is 5.26 Å². The van der Waals surface area contributed by atoms with Gasteiger partial charge in [-0.15, -0.1) is 0 Å². The second kappa shape index (κ2) is 10.5. The van der Waals surface area contributed by atoms with Gasteiger partial charge in [-0.25, -0.2) is 8.78 Å². The van der Waals surface area contributed by atoms with Gasteiger partial charge in [0.15, 0.2) is 0 Å². The molecule has 194 valence electrons. The predicted octanol–water partition coefficient (Wildman–Crippen LogP) is 2.47. The van der Waals surface area contributed by atoms with Crippen molar-refractivity contribution in [2.75, 3.05) is 11.9 Å². The van der Waals surface area contributed by atoms with Gasteiger partial charge in [-0.3, -0.25) is 19.4 Å². The molecule has 2 bridgehead atoms. The van der Waals surface area contributed by atoms with Crippen LogP contribution in [0.15, 0.2) is 18.5 Å². The lowest BCUT2D eigenvalue weighted by atomic mass is 9.71. The van der Waals surface area contributed by atoms with E-state index < -0.39 is 60.2 Å². The standard InChI is InChI=1S/C24H29ClF2N6O3/c1-13(31-17-8-15(25)11-29-12-17)23(36)33-18-4-5-19(24(26,27)9-18)20(33)22(35)32-16(10-28)7-14-3-2-6-30-21(14)34/h8,11-14,16,18-20,31H,2-7,9H2,1H3,(H,30,34)(H,32,35)/t13-,14+,16-,18-,19-,20-/m1/s1. The Labute approximate surface area is 212 Å². The van der Waals surface area contributed by atoms with Gasteiger partial charge in [-0.05, 0) is 45.1 Å². The summed E-state index contributed by atoms with van der Waals surface area (Å²) in [6.07, 6.45) is 4.30. The molecule has 0 unspecified atom stereocenters. The molecule has 3 saturated heterocycles. The molecule has 1 aliphatic carbocycles. The number of carbonyl (C=O) groups is 3. The third-order valence-electron chi connectivity index (χ3n) is 7.31. The monoisotopic (exact) mass is 522 g/mol. The Morgan fingerprint density at radius 3 is 2.81 bits per heavy atom. The maximum Gasteiger partial charge on any atom is 0.255 e. The van der Waals surface area contributed by atoms with Gasteiger partial charge in [0.2, 0.25) is 17.7 Å². The minimum Gasteiger partial charge on any atom is -0.373 e. The topological polar surface area (TPSA) is 127 Å². The van der Waals surface area contributed by atoms with E-state index in [0.29, 0.717) is 30.1 Å². The largest absolute Gasteiger partial charge is 0.373 e. The van der Waals surface area contributed by atoms with Crippen LogP contribution < -0.4 is 16.0 Å². The number of alkyl halides is 2. The number of pyridine rings is 1. The molecule has 5 rings (SSSR count).